The van der Waals surface area contributed by atoms with Gasteiger partial charge in [-0.05, 0) is 18.6 Å². The van der Waals surface area contributed by atoms with E-state index < -0.39 is 10.0 Å². The highest BCUT2D eigenvalue weighted by atomic mass is 35.5. The monoisotopic (exact) mass is 303 g/mol. The minimum absolute atomic E-state index is 0.0117. The largest absolute Gasteiger partial charge is 0.496 e. The summed E-state index contributed by atoms with van der Waals surface area (Å²) in [5, 5.41) is 0. The Morgan fingerprint density at radius 1 is 1.42 bits per heavy atom. The molecule has 1 aliphatic rings. The molecule has 1 aromatic rings. The van der Waals surface area contributed by atoms with Gasteiger partial charge in [-0.2, -0.15) is 4.31 Å². The van der Waals surface area contributed by atoms with Crippen LogP contribution in [-0.4, -0.2) is 44.6 Å². The number of rotatable bonds is 4. The van der Waals surface area contributed by atoms with Crippen molar-refractivity contribution in [3.8, 4) is 5.75 Å². The summed E-state index contributed by atoms with van der Waals surface area (Å²) in [7, 11) is -2.23. The second kappa shape index (κ2) is 5.48. The van der Waals surface area contributed by atoms with Crippen molar-refractivity contribution in [2.75, 3.05) is 26.1 Å². The number of ketones is 1. The first kappa shape index (κ1) is 14.3. The lowest BCUT2D eigenvalue weighted by Crippen LogP contribution is -2.41. The fourth-order valence-electron chi connectivity index (χ4n) is 2.07. The van der Waals surface area contributed by atoms with E-state index in [-0.39, 0.29) is 29.3 Å². The number of sulfonamides is 1. The van der Waals surface area contributed by atoms with Gasteiger partial charge >= 0.3 is 0 Å². The van der Waals surface area contributed by atoms with Crippen molar-refractivity contribution in [3.05, 3.63) is 23.8 Å². The summed E-state index contributed by atoms with van der Waals surface area (Å²) in [4.78, 5) is 12.1. The van der Waals surface area contributed by atoms with Crippen molar-refractivity contribution in [2.45, 2.75) is 11.3 Å². The van der Waals surface area contributed by atoms with E-state index in [0.717, 1.165) is 0 Å². The van der Waals surface area contributed by atoms with E-state index >= 15 is 0 Å². The summed E-state index contributed by atoms with van der Waals surface area (Å²) in [6.07, 6.45) is 0.507. The molecule has 0 aliphatic carbocycles. The van der Waals surface area contributed by atoms with Crippen molar-refractivity contribution in [3.63, 3.8) is 0 Å². The summed E-state index contributed by atoms with van der Waals surface area (Å²) < 4.78 is 31.0. The number of hydrogen-bond acceptors (Lipinski definition) is 4. The third kappa shape index (κ3) is 2.48. The van der Waals surface area contributed by atoms with Gasteiger partial charge < -0.3 is 4.74 Å². The number of alkyl halides is 1. The van der Waals surface area contributed by atoms with Gasteiger partial charge in [-0.3, -0.25) is 4.79 Å². The first-order valence-electron chi connectivity index (χ1n) is 5.78. The molecule has 5 nitrogen and oxygen atoms in total. The molecule has 0 saturated heterocycles. The molecule has 0 spiro atoms. The van der Waals surface area contributed by atoms with E-state index in [1.807, 2.05) is 0 Å². The highest BCUT2D eigenvalue weighted by Crippen LogP contribution is 2.32. The Hall–Kier alpha value is -1.11. The van der Waals surface area contributed by atoms with Crippen LogP contribution in [0.2, 0.25) is 0 Å². The van der Waals surface area contributed by atoms with Crippen molar-refractivity contribution in [1.82, 2.24) is 4.31 Å². The SMILES string of the molecule is COc1cccc2c1C(=O)CN(CCCCl)S2(=O)=O. The van der Waals surface area contributed by atoms with E-state index in [4.69, 9.17) is 16.3 Å². The second-order valence-corrected chi connectivity index (χ2v) is 6.42. The zero-order valence-corrected chi connectivity index (χ0v) is 12.0. The molecule has 104 valence electrons. The lowest BCUT2D eigenvalue weighted by Gasteiger charge is -2.27. The molecule has 1 aliphatic heterocycles. The highest BCUT2D eigenvalue weighted by Gasteiger charge is 2.37. The van der Waals surface area contributed by atoms with Gasteiger partial charge in [-0.15, -0.1) is 11.6 Å². The number of carbonyl (C=O) groups excluding carboxylic acids is 1. The van der Waals surface area contributed by atoms with E-state index in [0.29, 0.717) is 18.1 Å². The molecule has 0 aromatic heterocycles. The fourth-order valence-corrected chi connectivity index (χ4v) is 3.85. The fraction of sp³-hybridized carbons (Fsp3) is 0.417. The number of ether oxygens (including phenoxy) is 1. The predicted molar refractivity (Wildman–Crippen MR) is 71.4 cm³/mol. The van der Waals surface area contributed by atoms with Crippen LogP contribution in [0.4, 0.5) is 0 Å². The van der Waals surface area contributed by atoms with Gasteiger partial charge in [-0.1, -0.05) is 6.07 Å². The van der Waals surface area contributed by atoms with Crippen LogP contribution in [0, 0.1) is 0 Å². The van der Waals surface area contributed by atoms with Gasteiger partial charge in [0.25, 0.3) is 0 Å². The Labute approximate surface area is 117 Å². The number of Topliss-reactive ketones (excluding diaryl/α,β-unsaturated/α-hetero) is 1. The number of fused-ring (bicyclic) bond motifs is 1. The average molecular weight is 304 g/mol. The molecule has 19 heavy (non-hydrogen) atoms. The second-order valence-electron chi connectivity index (χ2n) is 4.14. The first-order chi connectivity index (χ1) is 9.02. The third-order valence-electron chi connectivity index (χ3n) is 2.97. The van der Waals surface area contributed by atoms with Crippen LogP contribution < -0.4 is 4.74 Å². The van der Waals surface area contributed by atoms with E-state index in [1.165, 1.54) is 17.5 Å². The van der Waals surface area contributed by atoms with Gasteiger partial charge in [0.2, 0.25) is 10.0 Å². The van der Waals surface area contributed by atoms with Gasteiger partial charge in [-0.25, -0.2) is 8.42 Å². The number of halogens is 1. The molecule has 0 unspecified atom stereocenters. The van der Waals surface area contributed by atoms with Crippen molar-refractivity contribution in [1.29, 1.82) is 0 Å². The molecule has 1 aromatic carbocycles. The maximum absolute atomic E-state index is 12.4. The lowest BCUT2D eigenvalue weighted by molar-refractivity contribution is 0.0952. The Balaban J connectivity index is 2.52. The van der Waals surface area contributed by atoms with Crippen LogP contribution in [-0.2, 0) is 10.0 Å². The Bertz CT molecular complexity index is 600. The number of hydrogen-bond donors (Lipinski definition) is 0. The molecule has 0 bridgehead atoms. The minimum Gasteiger partial charge on any atom is -0.496 e. The van der Waals surface area contributed by atoms with Crippen molar-refractivity contribution in [2.24, 2.45) is 0 Å². The molecule has 0 N–H and O–H groups in total. The standard InChI is InChI=1S/C12H14ClNO4S/c1-18-10-4-2-5-11-12(10)9(15)8-14(7-3-6-13)19(11,16)17/h2,4-5H,3,6-8H2,1H3. The van der Waals surface area contributed by atoms with Crippen molar-refractivity contribution < 1.29 is 17.9 Å². The summed E-state index contributed by atoms with van der Waals surface area (Å²) in [6, 6.07) is 4.58. The Morgan fingerprint density at radius 3 is 2.79 bits per heavy atom. The molecular weight excluding hydrogens is 290 g/mol. The van der Waals surface area contributed by atoms with E-state index in [9.17, 15) is 13.2 Å². The molecule has 7 heteroatoms. The third-order valence-corrected chi connectivity index (χ3v) is 5.12. The highest BCUT2D eigenvalue weighted by molar-refractivity contribution is 7.89. The van der Waals surface area contributed by atoms with Crippen LogP contribution in [0.3, 0.4) is 0 Å². The van der Waals surface area contributed by atoms with Crippen LogP contribution >= 0.6 is 11.6 Å². The first-order valence-corrected chi connectivity index (χ1v) is 7.76. The summed E-state index contributed by atoms with van der Waals surface area (Å²) in [5.41, 5.74) is 0.145. The van der Waals surface area contributed by atoms with Crippen molar-refractivity contribution >= 4 is 27.4 Å². The number of benzene rings is 1. The zero-order chi connectivity index (χ0) is 14.0. The maximum atomic E-state index is 12.4. The average Bonchev–Trinajstić information content (AvgIpc) is 2.40. The van der Waals surface area contributed by atoms with Crippen LogP contribution in [0.5, 0.6) is 5.75 Å². The normalized spacial score (nSPS) is 18.1. The van der Waals surface area contributed by atoms with Gasteiger partial charge in [0.15, 0.2) is 5.78 Å². The summed E-state index contributed by atoms with van der Waals surface area (Å²) >= 11 is 5.57. The minimum atomic E-state index is -3.65. The van der Waals surface area contributed by atoms with E-state index in [1.54, 1.807) is 12.1 Å². The molecule has 0 atom stereocenters. The Morgan fingerprint density at radius 2 is 2.16 bits per heavy atom. The van der Waals surface area contributed by atoms with E-state index in [2.05, 4.69) is 0 Å². The lowest BCUT2D eigenvalue weighted by atomic mass is 10.1. The Kier molecular flexibility index (Phi) is 4.13. The quantitative estimate of drug-likeness (QED) is 0.791. The van der Waals surface area contributed by atoms with Crippen LogP contribution in [0.25, 0.3) is 0 Å². The summed E-state index contributed by atoms with van der Waals surface area (Å²) in [6.45, 7) is 0.0841. The molecule has 0 saturated carbocycles. The molecule has 0 amide bonds. The number of carbonyl (C=O) groups is 1. The van der Waals surface area contributed by atoms with Gasteiger partial charge in [0.1, 0.15) is 5.75 Å². The topological polar surface area (TPSA) is 63.7 Å². The molecule has 1 heterocycles. The van der Waals surface area contributed by atoms with Gasteiger partial charge in [0.05, 0.1) is 24.1 Å². The molecule has 0 fully saturated rings. The summed E-state index contributed by atoms with van der Waals surface area (Å²) in [5.74, 6) is 0.394. The van der Waals surface area contributed by atoms with Crippen LogP contribution in [0.1, 0.15) is 16.8 Å². The smallest absolute Gasteiger partial charge is 0.244 e. The predicted octanol–water partition coefficient (Wildman–Crippen LogP) is 1.51. The number of methoxy groups -OCH3 is 1. The van der Waals surface area contributed by atoms with Crippen LogP contribution in [0.15, 0.2) is 23.1 Å². The molecule has 0 radical (unpaired) electrons. The maximum Gasteiger partial charge on any atom is 0.244 e. The number of nitrogens with zero attached hydrogens (tertiary/aromatic N) is 1. The molecular formula is C12H14ClNO4S. The van der Waals surface area contributed by atoms with Gasteiger partial charge in [0, 0.05) is 12.4 Å². The molecule has 2 rings (SSSR count). The zero-order valence-electron chi connectivity index (χ0n) is 10.4.